The quantitative estimate of drug-likeness (QED) is 0.512. The maximum atomic E-state index is 12.2. The van der Waals surface area contributed by atoms with Gasteiger partial charge >= 0.3 is 6.18 Å². The number of halogens is 3. The summed E-state index contributed by atoms with van der Waals surface area (Å²) in [6.45, 7) is 0.884. The smallest absolute Gasteiger partial charge is 0.449 e. The monoisotopic (exact) mass is 259 g/mol. The van der Waals surface area contributed by atoms with Gasteiger partial charge in [0.1, 0.15) is 0 Å². The standard InChI is InChI=1S/C10H8F3N3O2/c1-6(17)7(8(18)10(11,12)13)5-16-9-14-3-2-4-15-9/h2-5,18H,1H3. The van der Waals surface area contributed by atoms with E-state index in [4.69, 9.17) is 5.11 Å². The molecule has 1 aromatic rings. The topological polar surface area (TPSA) is 75.4 Å². The highest BCUT2D eigenvalue weighted by atomic mass is 19.4. The third-order valence-corrected chi connectivity index (χ3v) is 1.76. The predicted molar refractivity (Wildman–Crippen MR) is 56.6 cm³/mol. The zero-order valence-electron chi connectivity index (χ0n) is 9.14. The predicted octanol–water partition coefficient (Wildman–Crippen LogP) is 2.14. The summed E-state index contributed by atoms with van der Waals surface area (Å²) in [5.41, 5.74) is -0.949. The van der Waals surface area contributed by atoms with Crippen molar-refractivity contribution >= 4 is 17.9 Å². The molecule has 0 aliphatic carbocycles. The van der Waals surface area contributed by atoms with E-state index in [1.807, 2.05) is 0 Å². The number of ketones is 1. The van der Waals surface area contributed by atoms with Gasteiger partial charge in [0.05, 0.1) is 5.57 Å². The highest BCUT2D eigenvalue weighted by Crippen LogP contribution is 2.25. The molecule has 0 amide bonds. The van der Waals surface area contributed by atoms with E-state index in [1.165, 1.54) is 18.5 Å². The number of Topliss-reactive ketones (excluding diaryl/α,β-unsaturated/α-hetero) is 1. The van der Waals surface area contributed by atoms with Crippen LogP contribution in [0.5, 0.6) is 0 Å². The lowest BCUT2D eigenvalue weighted by molar-refractivity contribution is -0.125. The summed E-state index contributed by atoms with van der Waals surface area (Å²) in [5.74, 6) is -3.08. The van der Waals surface area contributed by atoms with Crippen molar-refractivity contribution in [3.05, 3.63) is 29.8 Å². The number of aliphatic hydroxyl groups excluding tert-OH is 1. The van der Waals surface area contributed by atoms with E-state index in [2.05, 4.69) is 15.0 Å². The highest BCUT2D eigenvalue weighted by molar-refractivity contribution is 6.13. The van der Waals surface area contributed by atoms with Crippen molar-refractivity contribution in [1.29, 1.82) is 0 Å². The average Bonchev–Trinajstić information content (AvgIpc) is 2.28. The van der Waals surface area contributed by atoms with Gasteiger partial charge in [-0.05, 0) is 13.0 Å². The fourth-order valence-corrected chi connectivity index (χ4v) is 0.952. The maximum Gasteiger partial charge on any atom is 0.449 e. The van der Waals surface area contributed by atoms with Crippen LogP contribution in [0.1, 0.15) is 6.92 Å². The molecular weight excluding hydrogens is 251 g/mol. The van der Waals surface area contributed by atoms with Gasteiger partial charge in [0.25, 0.3) is 0 Å². The maximum absolute atomic E-state index is 12.2. The van der Waals surface area contributed by atoms with Crippen molar-refractivity contribution in [2.75, 3.05) is 0 Å². The number of allylic oxidation sites excluding steroid dienone is 2. The molecule has 1 rings (SSSR count). The van der Waals surface area contributed by atoms with E-state index < -0.39 is 23.3 Å². The molecule has 0 unspecified atom stereocenters. The normalized spacial score (nSPS) is 13.6. The molecule has 0 saturated carbocycles. The first-order valence-corrected chi connectivity index (χ1v) is 4.65. The first-order chi connectivity index (χ1) is 8.32. The van der Waals surface area contributed by atoms with Gasteiger partial charge in [-0.1, -0.05) is 0 Å². The Hall–Kier alpha value is -2.25. The second-order valence-corrected chi connectivity index (χ2v) is 3.12. The van der Waals surface area contributed by atoms with Gasteiger partial charge < -0.3 is 5.11 Å². The fraction of sp³-hybridized carbons (Fsp3) is 0.200. The molecule has 96 valence electrons. The molecule has 0 bridgehead atoms. The van der Waals surface area contributed by atoms with E-state index in [-0.39, 0.29) is 5.95 Å². The molecule has 0 radical (unpaired) electrons. The Morgan fingerprint density at radius 2 is 1.94 bits per heavy atom. The summed E-state index contributed by atoms with van der Waals surface area (Å²) in [4.78, 5) is 21.7. The van der Waals surface area contributed by atoms with E-state index in [0.29, 0.717) is 6.21 Å². The number of hydrogen-bond acceptors (Lipinski definition) is 5. The Morgan fingerprint density at radius 1 is 1.39 bits per heavy atom. The van der Waals surface area contributed by atoms with Gasteiger partial charge in [-0.25, -0.2) is 15.0 Å². The first-order valence-electron chi connectivity index (χ1n) is 4.65. The minimum Gasteiger partial charge on any atom is -0.504 e. The number of alkyl halides is 3. The third-order valence-electron chi connectivity index (χ3n) is 1.76. The van der Waals surface area contributed by atoms with Crippen molar-refractivity contribution in [2.45, 2.75) is 13.1 Å². The van der Waals surface area contributed by atoms with Crippen molar-refractivity contribution in [2.24, 2.45) is 4.99 Å². The largest absolute Gasteiger partial charge is 0.504 e. The van der Waals surface area contributed by atoms with Crippen LogP contribution in [-0.4, -0.2) is 33.2 Å². The Bertz CT molecular complexity index is 495. The Balaban J connectivity index is 3.10. The number of nitrogens with zero attached hydrogens (tertiary/aromatic N) is 3. The molecule has 0 aromatic carbocycles. The summed E-state index contributed by atoms with van der Waals surface area (Å²) >= 11 is 0. The van der Waals surface area contributed by atoms with Crippen molar-refractivity contribution in [1.82, 2.24) is 9.97 Å². The molecule has 0 atom stereocenters. The highest BCUT2D eigenvalue weighted by Gasteiger charge is 2.37. The van der Waals surface area contributed by atoms with Gasteiger partial charge in [-0.15, -0.1) is 0 Å². The van der Waals surface area contributed by atoms with Gasteiger partial charge in [-0.3, -0.25) is 4.79 Å². The molecule has 1 heterocycles. The van der Waals surface area contributed by atoms with Crippen molar-refractivity contribution in [3.63, 3.8) is 0 Å². The summed E-state index contributed by atoms with van der Waals surface area (Å²) in [5, 5.41) is 8.90. The summed E-state index contributed by atoms with van der Waals surface area (Å²) in [7, 11) is 0. The molecule has 8 heteroatoms. The van der Waals surface area contributed by atoms with Crippen molar-refractivity contribution < 1.29 is 23.1 Å². The van der Waals surface area contributed by atoms with Crippen LogP contribution in [0.15, 0.2) is 34.8 Å². The summed E-state index contributed by atoms with van der Waals surface area (Å²) < 4.78 is 36.7. The van der Waals surface area contributed by atoms with Crippen LogP contribution >= 0.6 is 0 Å². The van der Waals surface area contributed by atoms with Crippen LogP contribution in [0.25, 0.3) is 0 Å². The number of aromatic nitrogens is 2. The number of hydrogen-bond donors (Lipinski definition) is 1. The number of carbonyl (C=O) groups excluding carboxylic acids is 1. The SMILES string of the molecule is CC(=O)C(C=Nc1ncccn1)=C(O)C(F)(F)F. The minimum atomic E-state index is -5.01. The van der Waals surface area contributed by atoms with Crippen LogP contribution < -0.4 is 0 Å². The average molecular weight is 259 g/mol. The van der Waals surface area contributed by atoms with Gasteiger partial charge in [0, 0.05) is 18.6 Å². The van der Waals surface area contributed by atoms with Gasteiger partial charge in [0.15, 0.2) is 5.78 Å². The second kappa shape index (κ2) is 5.39. The number of aliphatic hydroxyl groups is 1. The molecule has 0 spiro atoms. The second-order valence-electron chi connectivity index (χ2n) is 3.12. The van der Waals surface area contributed by atoms with E-state index in [0.717, 1.165) is 6.92 Å². The Labute approximate surface area is 99.7 Å². The first kappa shape index (κ1) is 13.8. The van der Waals surface area contributed by atoms with Crippen LogP contribution in [0.3, 0.4) is 0 Å². The Kier molecular flexibility index (Phi) is 4.13. The number of rotatable bonds is 3. The minimum absolute atomic E-state index is 0.119. The molecule has 0 saturated heterocycles. The zero-order valence-corrected chi connectivity index (χ0v) is 9.14. The van der Waals surface area contributed by atoms with Crippen LogP contribution in [0, 0.1) is 0 Å². The Morgan fingerprint density at radius 3 is 2.39 bits per heavy atom. The van der Waals surface area contributed by atoms with Gasteiger partial charge in [0.2, 0.25) is 11.7 Å². The molecule has 0 aliphatic rings. The fourth-order valence-electron chi connectivity index (χ4n) is 0.952. The molecule has 0 aliphatic heterocycles. The zero-order chi connectivity index (χ0) is 13.8. The third kappa shape index (κ3) is 3.65. The molecular formula is C10H8F3N3O2. The van der Waals surface area contributed by atoms with Crippen LogP contribution in [0.2, 0.25) is 0 Å². The van der Waals surface area contributed by atoms with E-state index >= 15 is 0 Å². The number of carbonyl (C=O) groups is 1. The van der Waals surface area contributed by atoms with Crippen molar-refractivity contribution in [3.8, 4) is 0 Å². The lowest BCUT2D eigenvalue weighted by Crippen LogP contribution is -2.17. The van der Waals surface area contributed by atoms with E-state index in [9.17, 15) is 18.0 Å². The molecule has 1 N–H and O–H groups in total. The molecule has 5 nitrogen and oxygen atoms in total. The number of aliphatic imine (C=N–C) groups is 1. The summed E-state index contributed by atoms with van der Waals surface area (Å²) in [6.07, 6.45) is -1.76. The molecule has 0 fully saturated rings. The summed E-state index contributed by atoms with van der Waals surface area (Å²) in [6, 6.07) is 1.49. The van der Waals surface area contributed by atoms with E-state index in [1.54, 1.807) is 0 Å². The van der Waals surface area contributed by atoms with Crippen LogP contribution in [-0.2, 0) is 4.79 Å². The lowest BCUT2D eigenvalue weighted by Gasteiger charge is -2.07. The molecule has 18 heavy (non-hydrogen) atoms. The van der Waals surface area contributed by atoms with Gasteiger partial charge in [-0.2, -0.15) is 13.2 Å². The lowest BCUT2D eigenvalue weighted by atomic mass is 10.1. The van der Waals surface area contributed by atoms with Crippen LogP contribution in [0.4, 0.5) is 19.1 Å². The molecule has 1 aromatic heterocycles.